The normalized spacial score (nSPS) is 10.5. The van der Waals surface area contributed by atoms with E-state index in [1.54, 1.807) is 12.4 Å². The summed E-state index contributed by atoms with van der Waals surface area (Å²) in [5.74, 6) is 6.11. The van der Waals surface area contributed by atoms with Gasteiger partial charge in [0, 0.05) is 11.6 Å². The Kier molecular flexibility index (Phi) is 2.67. The van der Waals surface area contributed by atoms with Crippen LogP contribution in [0.1, 0.15) is 32.2 Å². The minimum absolute atomic E-state index is 0.0193. The van der Waals surface area contributed by atoms with E-state index < -0.39 is 0 Å². The van der Waals surface area contributed by atoms with Crippen LogP contribution in [0.2, 0.25) is 0 Å². The Hall–Kier alpha value is -1.36. The predicted octanol–water partition coefficient (Wildman–Crippen LogP) is 2.18. The molecule has 2 nitrogen and oxygen atoms in total. The Bertz CT molecular complexity index is 350. The first-order valence-electron chi connectivity index (χ1n) is 4.29. The van der Waals surface area contributed by atoms with Gasteiger partial charge in [0.1, 0.15) is 5.69 Å². The second-order valence-electron chi connectivity index (χ2n) is 4.05. The van der Waals surface area contributed by atoms with Crippen LogP contribution in [-0.4, -0.2) is 9.97 Å². The lowest BCUT2D eigenvalue weighted by atomic mass is 9.98. The highest BCUT2D eigenvalue weighted by Crippen LogP contribution is 2.10. The van der Waals surface area contributed by atoms with E-state index in [0.717, 1.165) is 11.4 Å². The molecule has 1 heterocycles. The number of hydrogen-bond acceptors (Lipinski definition) is 2. The maximum atomic E-state index is 4.24. The molecule has 0 N–H and O–H groups in total. The van der Waals surface area contributed by atoms with Gasteiger partial charge >= 0.3 is 0 Å². The molecule has 0 spiro atoms. The number of rotatable bonds is 0. The van der Waals surface area contributed by atoms with Crippen molar-refractivity contribution in [2.45, 2.75) is 27.7 Å². The molecule has 0 saturated carbocycles. The van der Waals surface area contributed by atoms with Gasteiger partial charge in [0.15, 0.2) is 0 Å². The maximum Gasteiger partial charge on any atom is 0.131 e. The summed E-state index contributed by atoms with van der Waals surface area (Å²) in [6, 6.07) is 0. The quantitative estimate of drug-likeness (QED) is 0.563. The molecule has 1 aromatic heterocycles. The third kappa shape index (κ3) is 3.71. The number of aromatic nitrogens is 2. The van der Waals surface area contributed by atoms with Crippen molar-refractivity contribution in [1.29, 1.82) is 0 Å². The summed E-state index contributed by atoms with van der Waals surface area (Å²) in [5.41, 5.74) is 1.67. The zero-order valence-electron chi connectivity index (χ0n) is 8.55. The largest absolute Gasteiger partial charge is 0.260 e. The van der Waals surface area contributed by atoms with Gasteiger partial charge in [-0.15, -0.1) is 0 Å². The topological polar surface area (TPSA) is 25.8 Å². The fourth-order valence-electron chi connectivity index (χ4n) is 0.775. The molecule has 2 heteroatoms. The number of hydrogen-bond donors (Lipinski definition) is 0. The number of aryl methyl sites for hydroxylation is 1. The molecule has 0 aliphatic carbocycles. The minimum Gasteiger partial charge on any atom is -0.260 e. The molecule has 0 atom stereocenters. The lowest BCUT2D eigenvalue weighted by molar-refractivity contribution is 0.571. The van der Waals surface area contributed by atoms with Crippen LogP contribution in [0.15, 0.2) is 12.4 Å². The highest BCUT2D eigenvalue weighted by molar-refractivity contribution is 5.27. The maximum absolute atomic E-state index is 4.24. The molecule has 68 valence electrons. The van der Waals surface area contributed by atoms with E-state index in [2.05, 4.69) is 42.6 Å². The van der Waals surface area contributed by atoms with Crippen molar-refractivity contribution < 1.29 is 0 Å². The Labute approximate surface area is 79.4 Å². The van der Waals surface area contributed by atoms with Crippen molar-refractivity contribution in [3.8, 4) is 11.8 Å². The van der Waals surface area contributed by atoms with Gasteiger partial charge in [-0.1, -0.05) is 5.92 Å². The third-order valence-electron chi connectivity index (χ3n) is 1.32. The van der Waals surface area contributed by atoms with Crippen LogP contribution in [0.5, 0.6) is 0 Å². The SMILES string of the molecule is Cc1cncc(C#CC(C)(C)C)n1. The van der Waals surface area contributed by atoms with Gasteiger partial charge in [-0.3, -0.25) is 4.98 Å². The minimum atomic E-state index is 0.0193. The monoisotopic (exact) mass is 174 g/mol. The molecule has 0 aromatic carbocycles. The Morgan fingerprint density at radius 3 is 2.46 bits per heavy atom. The molecule has 13 heavy (non-hydrogen) atoms. The average Bonchev–Trinajstić information content (AvgIpc) is 2.00. The average molecular weight is 174 g/mol. The summed E-state index contributed by atoms with van der Waals surface area (Å²) in [6.45, 7) is 8.13. The van der Waals surface area contributed by atoms with E-state index in [1.165, 1.54) is 0 Å². The van der Waals surface area contributed by atoms with E-state index in [1.807, 2.05) is 6.92 Å². The molecule has 0 unspecified atom stereocenters. The smallest absolute Gasteiger partial charge is 0.131 e. The highest BCUT2D eigenvalue weighted by atomic mass is 14.8. The van der Waals surface area contributed by atoms with E-state index in [0.29, 0.717) is 0 Å². The van der Waals surface area contributed by atoms with Crippen LogP contribution in [0.3, 0.4) is 0 Å². The molecule has 1 rings (SSSR count). The van der Waals surface area contributed by atoms with E-state index >= 15 is 0 Å². The fourth-order valence-corrected chi connectivity index (χ4v) is 0.775. The summed E-state index contributed by atoms with van der Waals surface area (Å²) in [5, 5.41) is 0. The van der Waals surface area contributed by atoms with Gasteiger partial charge in [-0.05, 0) is 33.6 Å². The van der Waals surface area contributed by atoms with Crippen molar-refractivity contribution in [3.63, 3.8) is 0 Å². The molecule has 0 saturated heterocycles. The lowest BCUT2D eigenvalue weighted by Crippen LogP contribution is -2.00. The Balaban J connectivity index is 2.90. The van der Waals surface area contributed by atoms with E-state index in [9.17, 15) is 0 Å². The van der Waals surface area contributed by atoms with Crippen LogP contribution in [0, 0.1) is 24.2 Å². The summed E-state index contributed by atoms with van der Waals surface area (Å²) >= 11 is 0. The van der Waals surface area contributed by atoms with Crippen molar-refractivity contribution in [1.82, 2.24) is 9.97 Å². The van der Waals surface area contributed by atoms with Crippen molar-refractivity contribution in [3.05, 3.63) is 23.8 Å². The lowest BCUT2D eigenvalue weighted by Gasteiger charge is -2.06. The fraction of sp³-hybridized carbons (Fsp3) is 0.455. The summed E-state index contributed by atoms with van der Waals surface area (Å²) in [7, 11) is 0. The first-order valence-corrected chi connectivity index (χ1v) is 4.29. The second-order valence-corrected chi connectivity index (χ2v) is 4.05. The summed E-state index contributed by atoms with van der Waals surface area (Å²) in [4.78, 5) is 8.26. The third-order valence-corrected chi connectivity index (χ3v) is 1.32. The zero-order valence-corrected chi connectivity index (χ0v) is 8.55. The van der Waals surface area contributed by atoms with Gasteiger partial charge in [0.05, 0.1) is 11.9 Å². The van der Waals surface area contributed by atoms with Crippen LogP contribution < -0.4 is 0 Å². The van der Waals surface area contributed by atoms with Gasteiger partial charge in [-0.2, -0.15) is 0 Å². The predicted molar refractivity (Wildman–Crippen MR) is 53.1 cm³/mol. The standard InChI is InChI=1S/C11H14N2/c1-9-7-12-8-10(13-9)5-6-11(2,3)4/h7-8H,1-4H3. The van der Waals surface area contributed by atoms with E-state index in [-0.39, 0.29) is 5.41 Å². The second kappa shape index (κ2) is 3.57. The van der Waals surface area contributed by atoms with Crippen LogP contribution >= 0.6 is 0 Å². The van der Waals surface area contributed by atoms with Crippen molar-refractivity contribution >= 4 is 0 Å². The molecule has 0 bridgehead atoms. The summed E-state index contributed by atoms with van der Waals surface area (Å²) in [6.07, 6.45) is 3.41. The molecule has 1 aromatic rings. The molecule has 0 aliphatic rings. The molecular weight excluding hydrogens is 160 g/mol. The molecule has 0 aliphatic heterocycles. The molecule has 0 radical (unpaired) electrons. The van der Waals surface area contributed by atoms with Gasteiger partial charge in [0.2, 0.25) is 0 Å². The molecule has 0 fully saturated rings. The zero-order chi connectivity index (χ0) is 9.90. The first-order chi connectivity index (χ1) is 5.97. The van der Waals surface area contributed by atoms with Crippen LogP contribution in [0.25, 0.3) is 0 Å². The number of nitrogens with zero attached hydrogens (tertiary/aromatic N) is 2. The van der Waals surface area contributed by atoms with Gasteiger partial charge in [-0.25, -0.2) is 4.98 Å². The van der Waals surface area contributed by atoms with Gasteiger partial charge < -0.3 is 0 Å². The Morgan fingerprint density at radius 1 is 1.23 bits per heavy atom. The van der Waals surface area contributed by atoms with Crippen molar-refractivity contribution in [2.24, 2.45) is 5.41 Å². The van der Waals surface area contributed by atoms with Crippen LogP contribution in [0.4, 0.5) is 0 Å². The van der Waals surface area contributed by atoms with Crippen molar-refractivity contribution in [2.75, 3.05) is 0 Å². The molecular formula is C11H14N2. The highest BCUT2D eigenvalue weighted by Gasteiger charge is 2.03. The Morgan fingerprint density at radius 2 is 1.92 bits per heavy atom. The summed E-state index contributed by atoms with van der Waals surface area (Å²) < 4.78 is 0. The first kappa shape index (κ1) is 9.73. The van der Waals surface area contributed by atoms with Crippen LogP contribution in [-0.2, 0) is 0 Å². The van der Waals surface area contributed by atoms with Gasteiger partial charge in [0.25, 0.3) is 0 Å². The van der Waals surface area contributed by atoms with E-state index in [4.69, 9.17) is 0 Å². The molecule has 0 amide bonds.